The zero-order chi connectivity index (χ0) is 33.9. The van der Waals surface area contributed by atoms with Gasteiger partial charge in [0.25, 0.3) is 0 Å². The molecule has 52 heavy (non-hydrogen) atoms. The molecule has 0 fully saturated rings. The molecule has 0 amide bonds. The first-order chi connectivity index (χ1) is 25.8. The van der Waals surface area contributed by atoms with Crippen LogP contribution >= 0.6 is 11.3 Å². The predicted octanol–water partition coefficient (Wildman–Crippen LogP) is 13.3. The van der Waals surface area contributed by atoms with Crippen molar-refractivity contribution in [1.82, 2.24) is 9.13 Å². The van der Waals surface area contributed by atoms with Crippen molar-refractivity contribution in [3.63, 3.8) is 0 Å². The van der Waals surface area contributed by atoms with Gasteiger partial charge in [-0.3, -0.25) is 0 Å². The molecule has 1 aliphatic carbocycles. The Morgan fingerprint density at radius 2 is 1.15 bits per heavy atom. The Morgan fingerprint density at radius 1 is 0.462 bits per heavy atom. The normalized spacial score (nSPS) is 12.8. The summed E-state index contributed by atoms with van der Waals surface area (Å²) in [7, 11) is 0. The third-order valence-electron chi connectivity index (χ3n) is 11.2. The molecule has 0 bridgehead atoms. The van der Waals surface area contributed by atoms with Gasteiger partial charge in [-0.15, -0.1) is 11.3 Å². The lowest BCUT2D eigenvalue weighted by Crippen LogP contribution is -2.07. The molecule has 12 rings (SSSR count). The quantitative estimate of drug-likeness (QED) is 0.182. The number of aryl methyl sites for hydroxylation is 1. The van der Waals surface area contributed by atoms with E-state index in [0.29, 0.717) is 0 Å². The standard InChI is InChI=1S/C48H30N2OS/c1-3-11-31(12-4-1)49-38-23-20-29(27-37(38)45-39(49)25-26-44-47(45)36-16-8-10-18-43(36)52-44)30-19-21-35-41(28-30)50(32-13-5-2-6-14-32)40-24-22-34-33-15-7-9-17-42(33)51-48(34)46(35)40/h1-21,23,25-28H,22,24H2. The van der Waals surface area contributed by atoms with Gasteiger partial charge in [0.1, 0.15) is 11.3 Å². The molecule has 0 N–H and O–H groups in total. The third-order valence-corrected chi connectivity index (χ3v) is 12.4. The Kier molecular flexibility index (Phi) is 5.77. The Balaban J connectivity index is 1.14. The van der Waals surface area contributed by atoms with E-state index < -0.39 is 0 Å². The van der Waals surface area contributed by atoms with Crippen LogP contribution in [0, 0.1) is 0 Å². The summed E-state index contributed by atoms with van der Waals surface area (Å²) in [5, 5.41) is 7.72. The number of furan rings is 1. The Morgan fingerprint density at radius 3 is 2.00 bits per heavy atom. The van der Waals surface area contributed by atoms with Crippen molar-refractivity contribution in [1.29, 1.82) is 0 Å². The molecule has 244 valence electrons. The molecule has 4 heteroatoms. The summed E-state index contributed by atoms with van der Waals surface area (Å²) in [4.78, 5) is 0. The molecule has 4 heterocycles. The molecular formula is C48H30N2OS. The van der Waals surface area contributed by atoms with Crippen molar-refractivity contribution >= 4 is 75.2 Å². The second-order valence-electron chi connectivity index (χ2n) is 14.0. The summed E-state index contributed by atoms with van der Waals surface area (Å²) in [6, 6.07) is 57.6. The fraction of sp³-hybridized carbons (Fsp3) is 0.0417. The number of nitrogens with zero attached hydrogens (tertiary/aromatic N) is 2. The molecule has 0 spiro atoms. The Labute approximate surface area is 303 Å². The van der Waals surface area contributed by atoms with E-state index >= 15 is 0 Å². The molecule has 0 atom stereocenters. The Hall–Kier alpha value is -6.36. The van der Waals surface area contributed by atoms with Gasteiger partial charge in [0.15, 0.2) is 0 Å². The molecule has 0 radical (unpaired) electrons. The van der Waals surface area contributed by atoms with Crippen LogP contribution in [0.3, 0.4) is 0 Å². The van der Waals surface area contributed by atoms with Gasteiger partial charge in [-0.05, 0) is 90.7 Å². The number of aromatic nitrogens is 2. The van der Waals surface area contributed by atoms with Crippen LogP contribution in [0.4, 0.5) is 0 Å². The number of rotatable bonds is 3. The minimum Gasteiger partial charge on any atom is -0.456 e. The van der Waals surface area contributed by atoms with Crippen molar-refractivity contribution in [3.05, 3.63) is 169 Å². The van der Waals surface area contributed by atoms with Gasteiger partial charge in [0.05, 0.1) is 16.6 Å². The number of thiophene rings is 1. The molecule has 4 aromatic heterocycles. The molecule has 0 unspecified atom stereocenters. The van der Waals surface area contributed by atoms with E-state index in [2.05, 4.69) is 167 Å². The van der Waals surface area contributed by atoms with Gasteiger partial charge in [-0.25, -0.2) is 0 Å². The lowest BCUT2D eigenvalue weighted by molar-refractivity contribution is 0.620. The summed E-state index contributed by atoms with van der Waals surface area (Å²) < 4.78 is 14.2. The summed E-state index contributed by atoms with van der Waals surface area (Å²) in [6.45, 7) is 0. The van der Waals surface area contributed by atoms with Gasteiger partial charge in [-0.1, -0.05) is 91.0 Å². The summed E-state index contributed by atoms with van der Waals surface area (Å²) >= 11 is 1.88. The zero-order valence-corrected chi connectivity index (χ0v) is 29.0. The molecule has 11 aromatic rings. The van der Waals surface area contributed by atoms with E-state index in [1.807, 2.05) is 11.3 Å². The molecule has 0 aliphatic heterocycles. The van der Waals surface area contributed by atoms with Crippen LogP contribution in [0.25, 0.3) is 97.7 Å². The van der Waals surface area contributed by atoms with Gasteiger partial charge < -0.3 is 13.6 Å². The first-order valence-corrected chi connectivity index (χ1v) is 18.8. The van der Waals surface area contributed by atoms with E-state index in [9.17, 15) is 0 Å². The summed E-state index contributed by atoms with van der Waals surface area (Å²) in [5.41, 5.74) is 13.3. The average Bonchev–Trinajstić information content (AvgIpc) is 3.95. The number of fused-ring (bicyclic) bond motifs is 14. The molecule has 0 saturated heterocycles. The minimum atomic E-state index is 0.959. The number of hydrogen-bond donors (Lipinski definition) is 0. The maximum Gasteiger partial charge on any atom is 0.141 e. The van der Waals surface area contributed by atoms with Crippen LogP contribution in [-0.4, -0.2) is 9.13 Å². The fourth-order valence-corrected chi connectivity index (χ4v) is 10.1. The fourth-order valence-electron chi connectivity index (χ4n) is 9.04. The van der Waals surface area contributed by atoms with Gasteiger partial charge in [0, 0.05) is 69.9 Å². The molecule has 1 aliphatic rings. The van der Waals surface area contributed by atoms with Crippen molar-refractivity contribution in [2.45, 2.75) is 12.8 Å². The van der Waals surface area contributed by atoms with Crippen LogP contribution in [0.15, 0.2) is 162 Å². The maximum atomic E-state index is 6.66. The number of hydrogen-bond acceptors (Lipinski definition) is 2. The maximum absolute atomic E-state index is 6.66. The number of benzene rings is 7. The first kappa shape index (κ1) is 28.3. The van der Waals surface area contributed by atoms with E-state index in [1.54, 1.807) is 0 Å². The van der Waals surface area contributed by atoms with E-state index in [4.69, 9.17) is 4.42 Å². The lowest BCUT2D eigenvalue weighted by Gasteiger charge is -2.16. The van der Waals surface area contributed by atoms with Crippen LogP contribution < -0.4 is 0 Å². The summed E-state index contributed by atoms with van der Waals surface area (Å²) in [5.74, 6) is 1.03. The van der Waals surface area contributed by atoms with Crippen molar-refractivity contribution < 1.29 is 4.42 Å². The van der Waals surface area contributed by atoms with E-state index in [1.165, 1.54) is 97.6 Å². The number of para-hydroxylation sites is 3. The zero-order valence-electron chi connectivity index (χ0n) is 28.1. The van der Waals surface area contributed by atoms with Crippen molar-refractivity contribution in [2.24, 2.45) is 0 Å². The first-order valence-electron chi connectivity index (χ1n) is 18.0. The highest BCUT2D eigenvalue weighted by Crippen LogP contribution is 2.48. The van der Waals surface area contributed by atoms with Crippen LogP contribution in [0.1, 0.15) is 11.3 Å². The van der Waals surface area contributed by atoms with Crippen LogP contribution in [0.2, 0.25) is 0 Å². The highest BCUT2D eigenvalue weighted by Gasteiger charge is 2.30. The predicted molar refractivity (Wildman–Crippen MR) is 219 cm³/mol. The smallest absolute Gasteiger partial charge is 0.141 e. The average molecular weight is 683 g/mol. The molecule has 0 saturated carbocycles. The van der Waals surface area contributed by atoms with Gasteiger partial charge in [0.2, 0.25) is 0 Å². The van der Waals surface area contributed by atoms with Crippen LogP contribution in [0.5, 0.6) is 0 Å². The highest BCUT2D eigenvalue weighted by atomic mass is 32.1. The van der Waals surface area contributed by atoms with Crippen molar-refractivity contribution in [3.8, 4) is 33.8 Å². The molecule has 3 nitrogen and oxygen atoms in total. The van der Waals surface area contributed by atoms with Crippen molar-refractivity contribution in [2.75, 3.05) is 0 Å². The largest absolute Gasteiger partial charge is 0.456 e. The minimum absolute atomic E-state index is 0.959. The Bertz CT molecular complexity index is 3230. The van der Waals surface area contributed by atoms with E-state index in [-0.39, 0.29) is 0 Å². The topological polar surface area (TPSA) is 23.0 Å². The lowest BCUT2D eigenvalue weighted by atomic mass is 9.92. The second-order valence-corrected chi connectivity index (χ2v) is 15.0. The third kappa shape index (κ3) is 3.85. The van der Waals surface area contributed by atoms with Gasteiger partial charge in [-0.2, -0.15) is 0 Å². The van der Waals surface area contributed by atoms with Crippen LogP contribution in [-0.2, 0) is 12.8 Å². The molecule has 7 aromatic carbocycles. The SMILES string of the molecule is c1ccc(-n2c3c(c4ccc(-c5ccc6c(c5)c5c7c(ccc5n6-c5ccccc5)sc5ccccc57)cc42)-c2oc4ccccc4c2CC3)cc1. The van der Waals surface area contributed by atoms with E-state index in [0.717, 1.165) is 24.2 Å². The molecular weight excluding hydrogens is 653 g/mol. The monoisotopic (exact) mass is 682 g/mol. The second kappa shape index (κ2) is 10.6. The van der Waals surface area contributed by atoms with Gasteiger partial charge >= 0.3 is 0 Å². The summed E-state index contributed by atoms with van der Waals surface area (Å²) in [6.07, 6.45) is 1.92. The highest BCUT2D eigenvalue weighted by molar-refractivity contribution is 7.26.